The number of methoxy groups -OCH3 is 1. The van der Waals surface area contributed by atoms with E-state index >= 15 is 0 Å². The summed E-state index contributed by atoms with van der Waals surface area (Å²) in [5.74, 6) is -0.566. The van der Waals surface area contributed by atoms with Crippen LogP contribution in [0.4, 0.5) is 0 Å². The Balaban J connectivity index is 2.04. The largest absolute Gasteiger partial charge is 0.467 e. The van der Waals surface area contributed by atoms with Gasteiger partial charge < -0.3 is 10.1 Å². The van der Waals surface area contributed by atoms with Crippen LogP contribution in [0, 0.1) is 5.92 Å². The standard InChI is InChI=1S/C16H20ClN5O3/c1-4-10(2)14(16(24)25-3)18-13(23)9-22-20-15(19-21-22)11-6-5-7-12(17)8-11/h5-8,10,14H,4,9H2,1-3H3,(H,18,23)/t10-,14+/m0/s1. The number of carbonyl (C=O) groups is 2. The second-order valence-corrected chi connectivity index (χ2v) is 6.04. The highest BCUT2D eigenvalue weighted by Gasteiger charge is 2.26. The second-order valence-electron chi connectivity index (χ2n) is 5.61. The smallest absolute Gasteiger partial charge is 0.328 e. The number of halogens is 1. The first-order chi connectivity index (χ1) is 11.9. The summed E-state index contributed by atoms with van der Waals surface area (Å²) in [6, 6.07) is 6.31. The van der Waals surface area contributed by atoms with E-state index in [1.165, 1.54) is 7.11 Å². The van der Waals surface area contributed by atoms with Gasteiger partial charge in [-0.3, -0.25) is 4.79 Å². The summed E-state index contributed by atoms with van der Waals surface area (Å²) in [7, 11) is 1.29. The van der Waals surface area contributed by atoms with Crippen LogP contribution < -0.4 is 5.32 Å². The van der Waals surface area contributed by atoms with Gasteiger partial charge in [-0.2, -0.15) is 4.80 Å². The predicted octanol–water partition coefficient (Wildman–Crippen LogP) is 1.70. The minimum Gasteiger partial charge on any atom is -0.467 e. The van der Waals surface area contributed by atoms with Crippen LogP contribution in [0.1, 0.15) is 20.3 Å². The molecule has 0 saturated heterocycles. The molecule has 2 atom stereocenters. The summed E-state index contributed by atoms with van der Waals surface area (Å²) >= 11 is 5.94. The van der Waals surface area contributed by atoms with Crippen LogP contribution in [-0.2, 0) is 20.9 Å². The van der Waals surface area contributed by atoms with Crippen LogP contribution >= 0.6 is 11.6 Å². The lowest BCUT2D eigenvalue weighted by Crippen LogP contribution is -2.46. The number of benzene rings is 1. The molecule has 8 nitrogen and oxygen atoms in total. The summed E-state index contributed by atoms with van der Waals surface area (Å²) in [6.07, 6.45) is 0.723. The number of amides is 1. The Hall–Kier alpha value is -2.48. The molecule has 0 spiro atoms. The Morgan fingerprint density at radius 2 is 2.16 bits per heavy atom. The van der Waals surface area contributed by atoms with Gasteiger partial charge in [0.2, 0.25) is 11.7 Å². The van der Waals surface area contributed by atoms with Gasteiger partial charge in [0, 0.05) is 10.6 Å². The van der Waals surface area contributed by atoms with Crippen LogP contribution in [0.25, 0.3) is 11.4 Å². The molecular weight excluding hydrogens is 346 g/mol. The van der Waals surface area contributed by atoms with Crippen LogP contribution in [-0.4, -0.2) is 45.2 Å². The minimum atomic E-state index is -0.710. The number of hydrogen-bond acceptors (Lipinski definition) is 6. The fourth-order valence-electron chi connectivity index (χ4n) is 2.20. The zero-order valence-electron chi connectivity index (χ0n) is 14.3. The van der Waals surface area contributed by atoms with Gasteiger partial charge in [0.15, 0.2) is 0 Å². The Morgan fingerprint density at radius 1 is 1.40 bits per heavy atom. The predicted molar refractivity (Wildman–Crippen MR) is 91.7 cm³/mol. The molecule has 0 saturated carbocycles. The highest BCUT2D eigenvalue weighted by atomic mass is 35.5. The topological polar surface area (TPSA) is 99.0 Å². The molecule has 0 unspecified atom stereocenters. The van der Waals surface area contributed by atoms with E-state index in [0.29, 0.717) is 16.4 Å². The minimum absolute atomic E-state index is 0.0536. The van der Waals surface area contributed by atoms with Crippen molar-refractivity contribution in [3.8, 4) is 11.4 Å². The molecular formula is C16H20ClN5O3. The number of tetrazole rings is 1. The summed E-state index contributed by atoms with van der Waals surface area (Å²) in [4.78, 5) is 25.2. The molecule has 1 aromatic heterocycles. The number of nitrogens with one attached hydrogen (secondary N) is 1. The van der Waals surface area contributed by atoms with Gasteiger partial charge in [-0.15, -0.1) is 10.2 Å². The van der Waals surface area contributed by atoms with Gasteiger partial charge in [-0.25, -0.2) is 4.79 Å². The summed E-state index contributed by atoms with van der Waals surface area (Å²) < 4.78 is 4.74. The molecule has 1 aromatic carbocycles. The van der Waals surface area contributed by atoms with Crippen LogP contribution in [0.15, 0.2) is 24.3 Å². The Kier molecular flexibility index (Phi) is 6.46. The van der Waals surface area contributed by atoms with E-state index in [-0.39, 0.29) is 12.5 Å². The van der Waals surface area contributed by atoms with Crippen LogP contribution in [0.5, 0.6) is 0 Å². The number of carbonyl (C=O) groups excluding carboxylic acids is 2. The van der Waals surface area contributed by atoms with Gasteiger partial charge in [0.1, 0.15) is 12.6 Å². The maximum atomic E-state index is 12.2. The molecule has 0 bridgehead atoms. The first-order valence-corrected chi connectivity index (χ1v) is 8.23. The molecule has 1 N–H and O–H groups in total. The molecule has 0 fully saturated rings. The van der Waals surface area contributed by atoms with E-state index in [0.717, 1.165) is 11.2 Å². The summed E-state index contributed by atoms with van der Waals surface area (Å²) in [5, 5.41) is 15.1. The molecule has 0 aliphatic heterocycles. The Morgan fingerprint density at radius 3 is 2.80 bits per heavy atom. The lowest BCUT2D eigenvalue weighted by Gasteiger charge is -2.21. The molecule has 0 radical (unpaired) electrons. The fourth-order valence-corrected chi connectivity index (χ4v) is 2.39. The van der Waals surface area contributed by atoms with Crippen molar-refractivity contribution in [2.75, 3.05) is 7.11 Å². The third kappa shape index (κ3) is 4.99. The molecule has 1 amide bonds. The fraction of sp³-hybridized carbons (Fsp3) is 0.438. The highest BCUT2D eigenvalue weighted by molar-refractivity contribution is 6.30. The van der Waals surface area contributed by atoms with E-state index in [4.69, 9.17) is 16.3 Å². The molecule has 2 aromatic rings. The van der Waals surface area contributed by atoms with E-state index < -0.39 is 17.9 Å². The van der Waals surface area contributed by atoms with Gasteiger partial charge in [0.05, 0.1) is 7.11 Å². The van der Waals surface area contributed by atoms with Crippen molar-refractivity contribution in [2.45, 2.75) is 32.9 Å². The van der Waals surface area contributed by atoms with Crippen LogP contribution in [0.3, 0.4) is 0 Å². The van der Waals surface area contributed by atoms with E-state index in [1.54, 1.807) is 24.3 Å². The van der Waals surface area contributed by atoms with Crippen LogP contribution in [0.2, 0.25) is 5.02 Å². The van der Waals surface area contributed by atoms with Gasteiger partial charge in [0.25, 0.3) is 0 Å². The lowest BCUT2D eigenvalue weighted by atomic mass is 9.99. The Labute approximate surface area is 150 Å². The average Bonchev–Trinajstić information content (AvgIpc) is 3.06. The molecule has 9 heteroatoms. The van der Waals surface area contributed by atoms with Crippen molar-refractivity contribution in [2.24, 2.45) is 5.92 Å². The van der Waals surface area contributed by atoms with E-state index in [2.05, 4.69) is 20.7 Å². The quantitative estimate of drug-likeness (QED) is 0.750. The molecule has 134 valence electrons. The number of nitrogens with zero attached hydrogens (tertiary/aromatic N) is 4. The molecule has 2 rings (SSSR count). The van der Waals surface area contributed by atoms with Crippen molar-refractivity contribution in [3.05, 3.63) is 29.3 Å². The number of rotatable bonds is 7. The first-order valence-electron chi connectivity index (χ1n) is 7.85. The average molecular weight is 366 g/mol. The summed E-state index contributed by atoms with van der Waals surface area (Å²) in [5.41, 5.74) is 0.700. The summed E-state index contributed by atoms with van der Waals surface area (Å²) in [6.45, 7) is 3.65. The van der Waals surface area contributed by atoms with Crippen molar-refractivity contribution in [3.63, 3.8) is 0 Å². The maximum absolute atomic E-state index is 12.2. The van der Waals surface area contributed by atoms with Crippen molar-refractivity contribution in [1.82, 2.24) is 25.5 Å². The molecule has 1 heterocycles. The zero-order chi connectivity index (χ0) is 18.4. The van der Waals surface area contributed by atoms with Crippen molar-refractivity contribution >= 4 is 23.5 Å². The monoisotopic (exact) mass is 365 g/mol. The first kappa shape index (κ1) is 18.9. The molecule has 25 heavy (non-hydrogen) atoms. The normalized spacial score (nSPS) is 13.1. The van der Waals surface area contributed by atoms with Crippen molar-refractivity contribution < 1.29 is 14.3 Å². The Bertz CT molecular complexity index is 749. The van der Waals surface area contributed by atoms with E-state index in [1.807, 2.05) is 13.8 Å². The molecule has 0 aliphatic rings. The van der Waals surface area contributed by atoms with E-state index in [9.17, 15) is 9.59 Å². The van der Waals surface area contributed by atoms with Gasteiger partial charge in [-0.1, -0.05) is 44.0 Å². The lowest BCUT2D eigenvalue weighted by molar-refractivity contribution is -0.146. The third-order valence-electron chi connectivity index (χ3n) is 3.81. The third-order valence-corrected chi connectivity index (χ3v) is 4.04. The number of ether oxygens (including phenoxy) is 1. The maximum Gasteiger partial charge on any atom is 0.328 e. The zero-order valence-corrected chi connectivity index (χ0v) is 15.0. The number of hydrogen-bond donors (Lipinski definition) is 1. The second kappa shape index (κ2) is 8.57. The SMILES string of the molecule is CC[C@H](C)[C@@H](NC(=O)Cn1nnc(-c2cccc(Cl)c2)n1)C(=O)OC. The van der Waals surface area contributed by atoms with Crippen molar-refractivity contribution in [1.29, 1.82) is 0 Å². The van der Waals surface area contributed by atoms with Gasteiger partial charge >= 0.3 is 5.97 Å². The number of esters is 1. The molecule has 0 aliphatic carbocycles. The number of aromatic nitrogens is 4. The van der Waals surface area contributed by atoms with Gasteiger partial charge in [-0.05, 0) is 23.3 Å². The highest BCUT2D eigenvalue weighted by Crippen LogP contribution is 2.18.